The van der Waals surface area contributed by atoms with Gasteiger partial charge >= 0.3 is 0 Å². The zero-order valence-electron chi connectivity index (χ0n) is 9.19. The maximum absolute atomic E-state index is 11.3. The van der Waals surface area contributed by atoms with E-state index in [-0.39, 0.29) is 10.8 Å². The van der Waals surface area contributed by atoms with E-state index in [0.717, 1.165) is 5.56 Å². The number of nitrogens with one attached hydrogen (secondary N) is 1. The molecule has 0 aliphatic carbocycles. The number of aromatic nitrogens is 4. The van der Waals surface area contributed by atoms with Crippen LogP contribution in [0, 0.1) is 13.8 Å². The maximum atomic E-state index is 11.3. The van der Waals surface area contributed by atoms with Crippen LogP contribution in [0.2, 0.25) is 5.28 Å². The van der Waals surface area contributed by atoms with Gasteiger partial charge in [-0.25, -0.2) is 15.0 Å². The third-order valence-electron chi connectivity index (χ3n) is 1.94. The van der Waals surface area contributed by atoms with Gasteiger partial charge < -0.3 is 4.98 Å². The van der Waals surface area contributed by atoms with Crippen LogP contribution in [0.5, 0.6) is 0 Å². The molecule has 88 valence electrons. The summed E-state index contributed by atoms with van der Waals surface area (Å²) in [5.41, 5.74) is 1.36. The van der Waals surface area contributed by atoms with Gasteiger partial charge in [-0.15, -0.1) is 0 Å². The van der Waals surface area contributed by atoms with Gasteiger partial charge in [-0.05, 0) is 37.2 Å². The van der Waals surface area contributed by atoms with Gasteiger partial charge in [0.25, 0.3) is 5.56 Å². The van der Waals surface area contributed by atoms with E-state index < -0.39 is 0 Å². The summed E-state index contributed by atoms with van der Waals surface area (Å²) in [4.78, 5) is 26.1. The van der Waals surface area contributed by atoms with Gasteiger partial charge in [-0.1, -0.05) is 0 Å². The lowest BCUT2D eigenvalue weighted by atomic mass is 10.4. The number of aryl methyl sites for hydroxylation is 2. The number of nitrogens with zero attached hydrogens (tertiary/aromatic N) is 3. The highest BCUT2D eigenvalue weighted by Crippen LogP contribution is 2.25. The normalized spacial score (nSPS) is 10.5. The smallest absolute Gasteiger partial charge is 0.251 e. The summed E-state index contributed by atoms with van der Waals surface area (Å²) >= 11 is 6.97. The van der Waals surface area contributed by atoms with Gasteiger partial charge in [0.05, 0.1) is 0 Å². The Bertz CT molecular complexity index is 613. The molecule has 0 fully saturated rings. The molecule has 1 N–H and O–H groups in total. The molecule has 0 aromatic carbocycles. The van der Waals surface area contributed by atoms with E-state index in [2.05, 4.69) is 19.9 Å². The summed E-state index contributed by atoms with van der Waals surface area (Å²) in [6, 6.07) is 1.43. The fraction of sp³-hybridized carbons (Fsp3) is 0.200. The average Bonchev–Trinajstić information content (AvgIpc) is 2.22. The topological polar surface area (TPSA) is 71.5 Å². The van der Waals surface area contributed by atoms with Crippen molar-refractivity contribution in [3.8, 4) is 0 Å². The molecule has 5 nitrogen and oxygen atoms in total. The van der Waals surface area contributed by atoms with Gasteiger partial charge in [-0.3, -0.25) is 4.79 Å². The molecular weight excluding hydrogens is 260 g/mol. The second-order valence-corrected chi connectivity index (χ2v) is 4.74. The molecule has 17 heavy (non-hydrogen) atoms. The predicted molar refractivity (Wildman–Crippen MR) is 65.5 cm³/mol. The van der Waals surface area contributed by atoms with E-state index in [0.29, 0.717) is 15.9 Å². The first-order valence-corrected chi connectivity index (χ1v) is 5.99. The minimum absolute atomic E-state index is 0.174. The molecular formula is C10H9ClN4OS. The summed E-state index contributed by atoms with van der Waals surface area (Å²) in [5.74, 6) is 0. The molecule has 0 saturated carbocycles. The zero-order chi connectivity index (χ0) is 12.4. The first-order valence-electron chi connectivity index (χ1n) is 4.79. The molecule has 0 aliphatic rings. The Labute approximate surface area is 107 Å². The maximum Gasteiger partial charge on any atom is 0.251 e. The van der Waals surface area contributed by atoms with Crippen molar-refractivity contribution < 1.29 is 0 Å². The van der Waals surface area contributed by atoms with Crippen molar-refractivity contribution in [2.24, 2.45) is 0 Å². The fourth-order valence-corrected chi connectivity index (χ4v) is 2.25. The van der Waals surface area contributed by atoms with E-state index >= 15 is 0 Å². The lowest BCUT2D eigenvalue weighted by Crippen LogP contribution is -2.08. The molecule has 2 aromatic rings. The minimum atomic E-state index is -0.183. The summed E-state index contributed by atoms with van der Waals surface area (Å²) in [7, 11) is 0. The molecule has 0 radical (unpaired) electrons. The molecule has 0 amide bonds. The SMILES string of the molecule is Cc1cc(=O)[nH]c(Sc2nc(Cl)ncc2C)n1. The van der Waals surface area contributed by atoms with E-state index in [9.17, 15) is 4.79 Å². The first kappa shape index (κ1) is 12.1. The summed E-state index contributed by atoms with van der Waals surface area (Å²) in [6.07, 6.45) is 1.63. The molecule has 0 saturated heterocycles. The van der Waals surface area contributed by atoms with Crippen molar-refractivity contribution in [3.63, 3.8) is 0 Å². The van der Waals surface area contributed by atoms with Crippen LogP contribution in [0.25, 0.3) is 0 Å². The molecule has 2 aromatic heterocycles. The van der Waals surface area contributed by atoms with Gasteiger partial charge in [0, 0.05) is 23.5 Å². The van der Waals surface area contributed by atoms with Crippen LogP contribution >= 0.6 is 23.4 Å². The van der Waals surface area contributed by atoms with Crippen LogP contribution in [-0.2, 0) is 0 Å². The van der Waals surface area contributed by atoms with Crippen molar-refractivity contribution >= 4 is 23.4 Å². The Morgan fingerprint density at radius 1 is 1.35 bits per heavy atom. The van der Waals surface area contributed by atoms with Crippen LogP contribution in [0.3, 0.4) is 0 Å². The van der Waals surface area contributed by atoms with Crippen LogP contribution in [0.4, 0.5) is 0 Å². The second kappa shape index (κ2) is 4.85. The molecule has 0 aliphatic heterocycles. The number of aromatic amines is 1. The largest absolute Gasteiger partial charge is 0.301 e. The summed E-state index contributed by atoms with van der Waals surface area (Å²) in [6.45, 7) is 3.63. The third kappa shape index (κ3) is 3.04. The van der Waals surface area contributed by atoms with E-state index in [4.69, 9.17) is 11.6 Å². The average molecular weight is 269 g/mol. The molecule has 2 rings (SSSR count). The molecule has 0 bridgehead atoms. The zero-order valence-corrected chi connectivity index (χ0v) is 10.8. The number of H-pyrrole nitrogens is 1. The van der Waals surface area contributed by atoms with Crippen LogP contribution in [0.1, 0.15) is 11.3 Å². The molecule has 0 atom stereocenters. The standard InChI is InChI=1S/C10H9ClN4OS/c1-5-4-12-9(11)15-8(5)17-10-13-6(2)3-7(16)14-10/h3-4H,1-2H3,(H,13,14,16). The second-order valence-electron chi connectivity index (χ2n) is 3.42. The molecule has 0 spiro atoms. The highest BCUT2D eigenvalue weighted by molar-refractivity contribution is 7.99. The number of halogens is 1. The predicted octanol–water partition coefficient (Wildman–Crippen LogP) is 1.98. The van der Waals surface area contributed by atoms with E-state index in [1.165, 1.54) is 17.8 Å². The van der Waals surface area contributed by atoms with Gasteiger partial charge in [0.1, 0.15) is 5.03 Å². The quantitative estimate of drug-likeness (QED) is 0.666. The third-order valence-corrected chi connectivity index (χ3v) is 3.11. The van der Waals surface area contributed by atoms with Crippen molar-refractivity contribution in [2.45, 2.75) is 24.0 Å². The number of hydrogen-bond acceptors (Lipinski definition) is 5. The van der Waals surface area contributed by atoms with Gasteiger partial charge in [-0.2, -0.15) is 0 Å². The highest BCUT2D eigenvalue weighted by Gasteiger charge is 2.07. The number of hydrogen-bond donors (Lipinski definition) is 1. The van der Waals surface area contributed by atoms with Crippen molar-refractivity contribution in [1.82, 2.24) is 19.9 Å². The minimum Gasteiger partial charge on any atom is -0.301 e. The Hall–Kier alpha value is -1.40. The summed E-state index contributed by atoms with van der Waals surface area (Å²) < 4.78 is 0. The molecule has 2 heterocycles. The first-order chi connectivity index (χ1) is 8.04. The molecule has 7 heteroatoms. The Balaban J connectivity index is 2.37. The molecule has 0 unspecified atom stereocenters. The Morgan fingerprint density at radius 3 is 2.82 bits per heavy atom. The van der Waals surface area contributed by atoms with Crippen molar-refractivity contribution in [3.05, 3.63) is 39.2 Å². The Kier molecular flexibility index (Phi) is 3.44. The van der Waals surface area contributed by atoms with E-state index in [1.54, 1.807) is 13.1 Å². The van der Waals surface area contributed by atoms with E-state index in [1.807, 2.05) is 6.92 Å². The highest BCUT2D eigenvalue weighted by atomic mass is 35.5. The van der Waals surface area contributed by atoms with Crippen LogP contribution in [-0.4, -0.2) is 19.9 Å². The van der Waals surface area contributed by atoms with Crippen LogP contribution in [0.15, 0.2) is 27.2 Å². The lowest BCUT2D eigenvalue weighted by Gasteiger charge is -2.03. The van der Waals surface area contributed by atoms with Crippen LogP contribution < -0.4 is 5.56 Å². The summed E-state index contributed by atoms with van der Waals surface area (Å²) in [5, 5.41) is 1.35. The van der Waals surface area contributed by atoms with Gasteiger partial charge in [0.2, 0.25) is 5.28 Å². The number of rotatable bonds is 2. The lowest BCUT2D eigenvalue weighted by molar-refractivity contribution is 0.897. The monoisotopic (exact) mass is 268 g/mol. The Morgan fingerprint density at radius 2 is 2.12 bits per heavy atom. The van der Waals surface area contributed by atoms with Crippen molar-refractivity contribution in [1.29, 1.82) is 0 Å². The van der Waals surface area contributed by atoms with Crippen molar-refractivity contribution in [2.75, 3.05) is 0 Å². The fourth-order valence-electron chi connectivity index (χ4n) is 1.20. The van der Waals surface area contributed by atoms with Gasteiger partial charge in [0.15, 0.2) is 5.16 Å².